The van der Waals surface area contributed by atoms with Crippen molar-refractivity contribution in [2.24, 2.45) is 5.41 Å². The van der Waals surface area contributed by atoms with Gasteiger partial charge in [0, 0.05) is 13.1 Å². The first-order valence-corrected chi connectivity index (χ1v) is 7.98. The fourth-order valence-electron chi connectivity index (χ4n) is 3.83. The van der Waals surface area contributed by atoms with Gasteiger partial charge in [-0.3, -0.25) is 0 Å². The number of hydrogen-bond donors (Lipinski definition) is 1. The molecule has 2 aliphatic rings. The van der Waals surface area contributed by atoms with Crippen molar-refractivity contribution in [2.45, 2.75) is 38.5 Å². The molecule has 0 radical (unpaired) electrons. The topological polar surface area (TPSA) is 15.3 Å². The van der Waals surface area contributed by atoms with Gasteiger partial charge in [-0.15, -0.1) is 0 Å². The van der Waals surface area contributed by atoms with Gasteiger partial charge in [-0.25, -0.2) is 4.39 Å². The van der Waals surface area contributed by atoms with E-state index < -0.39 is 0 Å². The van der Waals surface area contributed by atoms with Crippen molar-refractivity contribution in [3.8, 4) is 0 Å². The van der Waals surface area contributed by atoms with Crippen LogP contribution in [0, 0.1) is 11.2 Å². The minimum Gasteiger partial charge on any atom is -0.381 e. The van der Waals surface area contributed by atoms with Crippen LogP contribution in [0.4, 0.5) is 10.1 Å². The van der Waals surface area contributed by atoms with E-state index in [0.717, 1.165) is 13.1 Å². The number of rotatable bonds is 4. The van der Waals surface area contributed by atoms with E-state index >= 15 is 0 Å². The van der Waals surface area contributed by atoms with Crippen molar-refractivity contribution in [2.75, 3.05) is 31.5 Å². The molecule has 0 unspecified atom stereocenters. The first kappa shape index (κ1) is 13.9. The van der Waals surface area contributed by atoms with Crippen LogP contribution in [0.2, 0.25) is 0 Å². The second-order valence-corrected chi connectivity index (χ2v) is 6.46. The van der Waals surface area contributed by atoms with Gasteiger partial charge >= 0.3 is 0 Å². The number of halogens is 1. The highest BCUT2D eigenvalue weighted by molar-refractivity contribution is 5.44. The van der Waals surface area contributed by atoms with Crippen molar-refractivity contribution >= 4 is 5.69 Å². The van der Waals surface area contributed by atoms with Crippen LogP contribution in [0.3, 0.4) is 0 Å². The molecule has 110 valence electrons. The summed E-state index contributed by atoms with van der Waals surface area (Å²) in [4.78, 5) is 2.53. The van der Waals surface area contributed by atoms with E-state index in [1.54, 1.807) is 12.1 Å². The molecule has 0 amide bonds. The zero-order valence-corrected chi connectivity index (χ0v) is 12.2. The number of nitrogens with one attached hydrogen (secondary N) is 1. The minimum atomic E-state index is -0.156. The van der Waals surface area contributed by atoms with Gasteiger partial charge in [0.2, 0.25) is 0 Å². The fraction of sp³-hybridized carbons (Fsp3) is 0.647. The highest BCUT2D eigenvalue weighted by Crippen LogP contribution is 2.45. The van der Waals surface area contributed by atoms with Crippen LogP contribution in [0.5, 0.6) is 0 Å². The Morgan fingerprint density at radius 2 is 1.75 bits per heavy atom. The Morgan fingerprint density at radius 3 is 2.45 bits per heavy atom. The van der Waals surface area contributed by atoms with Crippen molar-refractivity contribution in [3.05, 3.63) is 30.1 Å². The number of likely N-dealkylation sites (tertiary alicyclic amines) is 1. The van der Waals surface area contributed by atoms with Crippen LogP contribution in [-0.2, 0) is 0 Å². The highest BCUT2D eigenvalue weighted by atomic mass is 19.1. The molecule has 1 aliphatic heterocycles. The van der Waals surface area contributed by atoms with E-state index in [-0.39, 0.29) is 5.82 Å². The van der Waals surface area contributed by atoms with Gasteiger partial charge in [-0.1, -0.05) is 25.0 Å². The average molecular weight is 276 g/mol. The molecule has 1 spiro atoms. The van der Waals surface area contributed by atoms with Crippen LogP contribution in [0.25, 0.3) is 0 Å². The average Bonchev–Trinajstić information content (AvgIpc) is 2.92. The molecule has 2 nitrogen and oxygen atoms in total. The Kier molecular flexibility index (Phi) is 4.25. The summed E-state index contributed by atoms with van der Waals surface area (Å²) >= 11 is 0. The summed E-state index contributed by atoms with van der Waals surface area (Å²) in [7, 11) is 0. The van der Waals surface area contributed by atoms with Gasteiger partial charge in [-0.2, -0.15) is 0 Å². The van der Waals surface area contributed by atoms with E-state index in [1.165, 1.54) is 57.7 Å². The Morgan fingerprint density at radius 1 is 1.05 bits per heavy atom. The van der Waals surface area contributed by atoms with Crippen molar-refractivity contribution < 1.29 is 4.39 Å². The second-order valence-electron chi connectivity index (χ2n) is 6.46. The maximum absolute atomic E-state index is 13.5. The predicted octanol–water partition coefficient (Wildman–Crippen LogP) is 3.89. The number of piperidine rings is 1. The summed E-state index contributed by atoms with van der Waals surface area (Å²) in [6, 6.07) is 6.91. The van der Waals surface area contributed by atoms with E-state index in [9.17, 15) is 4.39 Å². The summed E-state index contributed by atoms with van der Waals surface area (Å²) in [6.07, 6.45) is 8.52. The third-order valence-electron chi connectivity index (χ3n) is 5.20. The number of benzene rings is 1. The third-order valence-corrected chi connectivity index (χ3v) is 5.20. The summed E-state index contributed by atoms with van der Waals surface area (Å²) in [5, 5.41) is 3.20. The summed E-state index contributed by atoms with van der Waals surface area (Å²) < 4.78 is 13.5. The molecule has 20 heavy (non-hydrogen) atoms. The molecular formula is C17H25FN2. The SMILES string of the molecule is Fc1ccccc1NCCN1CCC2(CCCC2)CC1. The van der Waals surface area contributed by atoms with Crippen LogP contribution >= 0.6 is 0 Å². The molecule has 2 fully saturated rings. The van der Waals surface area contributed by atoms with Crippen molar-refractivity contribution in [1.29, 1.82) is 0 Å². The molecule has 0 bridgehead atoms. The first-order chi connectivity index (χ1) is 9.77. The number of para-hydroxylation sites is 1. The summed E-state index contributed by atoms with van der Waals surface area (Å²) in [5.74, 6) is -0.156. The predicted molar refractivity (Wildman–Crippen MR) is 81.5 cm³/mol. The van der Waals surface area contributed by atoms with Crippen molar-refractivity contribution in [3.63, 3.8) is 0 Å². The van der Waals surface area contributed by atoms with Crippen LogP contribution < -0.4 is 5.32 Å². The molecule has 1 aromatic carbocycles. The lowest BCUT2D eigenvalue weighted by Crippen LogP contribution is -2.40. The van der Waals surface area contributed by atoms with Gasteiger partial charge in [0.15, 0.2) is 0 Å². The second kappa shape index (κ2) is 6.13. The van der Waals surface area contributed by atoms with Gasteiger partial charge in [0.05, 0.1) is 5.69 Å². The number of nitrogens with zero attached hydrogens (tertiary/aromatic N) is 1. The molecule has 1 aliphatic carbocycles. The molecule has 1 saturated carbocycles. The Balaban J connectivity index is 1.41. The van der Waals surface area contributed by atoms with Gasteiger partial charge in [0.25, 0.3) is 0 Å². The standard InChI is InChI=1S/C17H25FN2/c18-15-5-1-2-6-16(15)19-11-14-20-12-9-17(10-13-20)7-3-4-8-17/h1-2,5-6,19H,3-4,7-14H2. The lowest BCUT2D eigenvalue weighted by molar-refractivity contribution is 0.112. The number of anilines is 1. The number of hydrogen-bond acceptors (Lipinski definition) is 2. The lowest BCUT2D eigenvalue weighted by Gasteiger charge is -2.39. The molecule has 1 N–H and O–H groups in total. The van der Waals surface area contributed by atoms with Gasteiger partial charge in [-0.05, 0) is 56.3 Å². The molecule has 3 heteroatoms. The molecule has 3 rings (SSSR count). The zero-order chi connectivity index (χ0) is 13.8. The molecule has 1 saturated heterocycles. The lowest BCUT2D eigenvalue weighted by atomic mass is 9.77. The van der Waals surface area contributed by atoms with E-state index in [2.05, 4.69) is 10.2 Å². The van der Waals surface area contributed by atoms with E-state index in [4.69, 9.17) is 0 Å². The van der Waals surface area contributed by atoms with E-state index in [1.807, 2.05) is 6.07 Å². The summed E-state index contributed by atoms with van der Waals surface area (Å²) in [6.45, 7) is 4.29. The van der Waals surface area contributed by atoms with Gasteiger partial charge in [0.1, 0.15) is 5.82 Å². The van der Waals surface area contributed by atoms with Crippen molar-refractivity contribution in [1.82, 2.24) is 4.90 Å². The Bertz CT molecular complexity index is 430. The molecule has 0 atom stereocenters. The largest absolute Gasteiger partial charge is 0.381 e. The smallest absolute Gasteiger partial charge is 0.146 e. The monoisotopic (exact) mass is 276 g/mol. The Labute approximate surface area is 121 Å². The zero-order valence-electron chi connectivity index (χ0n) is 12.2. The molecule has 1 heterocycles. The summed E-state index contributed by atoms with van der Waals surface area (Å²) in [5.41, 5.74) is 1.31. The van der Waals surface area contributed by atoms with E-state index in [0.29, 0.717) is 11.1 Å². The Hall–Kier alpha value is -1.09. The molecule has 0 aromatic heterocycles. The van der Waals surface area contributed by atoms with Crippen LogP contribution in [0.1, 0.15) is 38.5 Å². The molecule has 1 aromatic rings. The van der Waals surface area contributed by atoms with Crippen LogP contribution in [-0.4, -0.2) is 31.1 Å². The van der Waals surface area contributed by atoms with Crippen LogP contribution in [0.15, 0.2) is 24.3 Å². The first-order valence-electron chi connectivity index (χ1n) is 7.98. The minimum absolute atomic E-state index is 0.156. The highest BCUT2D eigenvalue weighted by Gasteiger charge is 2.36. The maximum Gasteiger partial charge on any atom is 0.146 e. The molecular weight excluding hydrogens is 251 g/mol. The normalized spacial score (nSPS) is 22.2. The maximum atomic E-state index is 13.5. The van der Waals surface area contributed by atoms with Gasteiger partial charge < -0.3 is 10.2 Å². The quantitative estimate of drug-likeness (QED) is 0.897. The fourth-order valence-corrected chi connectivity index (χ4v) is 3.83. The third kappa shape index (κ3) is 3.14.